The van der Waals surface area contributed by atoms with Crippen LogP contribution in [0.1, 0.15) is 30.5 Å². The minimum absolute atomic E-state index is 0.368. The van der Waals surface area contributed by atoms with Gasteiger partial charge in [0, 0.05) is 24.0 Å². The van der Waals surface area contributed by atoms with Gasteiger partial charge in [0.25, 0.3) is 0 Å². The predicted molar refractivity (Wildman–Crippen MR) is 67.7 cm³/mol. The predicted octanol–water partition coefficient (Wildman–Crippen LogP) is 2.96. The number of nitrogens with zero attached hydrogens (tertiary/aromatic N) is 1. The first kappa shape index (κ1) is 11.9. The first-order valence-electron chi connectivity index (χ1n) is 6.04. The van der Waals surface area contributed by atoms with Gasteiger partial charge in [0.05, 0.1) is 12.5 Å². The lowest BCUT2D eigenvalue weighted by Crippen LogP contribution is -2.21. The summed E-state index contributed by atoms with van der Waals surface area (Å²) in [6.07, 6.45) is 9.35. The highest BCUT2D eigenvalue weighted by molar-refractivity contribution is 5.14. The van der Waals surface area contributed by atoms with Crippen LogP contribution in [-0.4, -0.2) is 11.5 Å². The van der Waals surface area contributed by atoms with Crippen LogP contribution in [0.2, 0.25) is 0 Å². The molecule has 0 bridgehead atoms. The van der Waals surface area contributed by atoms with Gasteiger partial charge in [-0.3, -0.25) is 4.98 Å². The number of pyridine rings is 1. The summed E-state index contributed by atoms with van der Waals surface area (Å²) in [5, 5.41) is 3.48. The van der Waals surface area contributed by atoms with E-state index in [1.807, 2.05) is 24.7 Å². The summed E-state index contributed by atoms with van der Waals surface area (Å²) in [5.41, 5.74) is 2.55. The maximum absolute atomic E-state index is 5.14. The number of nitrogens with one attached hydrogen (secondary N) is 1. The lowest BCUT2D eigenvalue weighted by atomic mass is 10.0. The smallest absolute Gasteiger partial charge is 0.0950 e. The zero-order valence-electron chi connectivity index (χ0n) is 10.1. The average molecular weight is 230 g/mol. The van der Waals surface area contributed by atoms with E-state index in [9.17, 15) is 0 Å². The summed E-state index contributed by atoms with van der Waals surface area (Å²) in [4.78, 5) is 4.03. The van der Waals surface area contributed by atoms with Gasteiger partial charge in [0.15, 0.2) is 0 Å². The number of furan rings is 1. The average Bonchev–Trinajstić information content (AvgIpc) is 2.89. The van der Waals surface area contributed by atoms with Gasteiger partial charge in [-0.25, -0.2) is 0 Å². The number of aryl methyl sites for hydroxylation is 1. The Hall–Kier alpha value is -1.61. The molecule has 2 aromatic heterocycles. The monoisotopic (exact) mass is 230 g/mol. The maximum atomic E-state index is 5.14. The van der Waals surface area contributed by atoms with E-state index in [0.717, 1.165) is 19.4 Å². The summed E-state index contributed by atoms with van der Waals surface area (Å²) in [6.45, 7) is 3.09. The Morgan fingerprint density at radius 2 is 2.12 bits per heavy atom. The molecule has 90 valence electrons. The quantitative estimate of drug-likeness (QED) is 0.829. The van der Waals surface area contributed by atoms with Crippen molar-refractivity contribution in [3.05, 3.63) is 54.2 Å². The van der Waals surface area contributed by atoms with Crippen LogP contribution in [0.3, 0.4) is 0 Å². The van der Waals surface area contributed by atoms with Crippen LogP contribution in [0, 0.1) is 0 Å². The van der Waals surface area contributed by atoms with Crippen LogP contribution in [0.4, 0.5) is 0 Å². The zero-order chi connectivity index (χ0) is 11.9. The Balaban J connectivity index is 1.95. The molecule has 2 aromatic rings. The van der Waals surface area contributed by atoms with E-state index in [1.165, 1.54) is 11.1 Å². The topological polar surface area (TPSA) is 38.1 Å². The molecule has 17 heavy (non-hydrogen) atoms. The highest BCUT2D eigenvalue weighted by atomic mass is 16.3. The molecule has 0 amide bonds. The van der Waals surface area contributed by atoms with Crippen LogP contribution in [-0.2, 0) is 6.42 Å². The summed E-state index contributed by atoms with van der Waals surface area (Å²) in [5.74, 6) is 0. The van der Waals surface area contributed by atoms with Gasteiger partial charge in [-0.05, 0) is 43.1 Å². The van der Waals surface area contributed by atoms with Gasteiger partial charge in [-0.1, -0.05) is 6.92 Å². The van der Waals surface area contributed by atoms with Crippen molar-refractivity contribution in [2.45, 2.75) is 25.8 Å². The molecular formula is C14H18N2O. The fourth-order valence-electron chi connectivity index (χ4n) is 1.97. The Kier molecular flexibility index (Phi) is 4.33. The van der Waals surface area contributed by atoms with Gasteiger partial charge >= 0.3 is 0 Å². The Bertz CT molecular complexity index is 411. The molecule has 0 fully saturated rings. The van der Waals surface area contributed by atoms with Crippen molar-refractivity contribution in [1.82, 2.24) is 10.3 Å². The van der Waals surface area contributed by atoms with Crippen LogP contribution in [0.15, 0.2) is 47.5 Å². The van der Waals surface area contributed by atoms with E-state index in [0.29, 0.717) is 6.04 Å². The van der Waals surface area contributed by atoms with Crippen molar-refractivity contribution in [2.75, 3.05) is 6.54 Å². The summed E-state index contributed by atoms with van der Waals surface area (Å²) in [6, 6.07) is 6.53. The van der Waals surface area contributed by atoms with Gasteiger partial charge in [-0.15, -0.1) is 0 Å². The van der Waals surface area contributed by atoms with E-state index < -0.39 is 0 Å². The van der Waals surface area contributed by atoms with Gasteiger partial charge in [0.2, 0.25) is 0 Å². The van der Waals surface area contributed by atoms with Crippen LogP contribution >= 0.6 is 0 Å². The van der Waals surface area contributed by atoms with E-state index in [4.69, 9.17) is 4.42 Å². The zero-order valence-corrected chi connectivity index (χ0v) is 10.1. The van der Waals surface area contributed by atoms with Crippen molar-refractivity contribution in [2.24, 2.45) is 0 Å². The molecule has 0 aromatic carbocycles. The van der Waals surface area contributed by atoms with Crippen LogP contribution in [0.5, 0.6) is 0 Å². The normalized spacial score (nSPS) is 12.5. The lowest BCUT2D eigenvalue weighted by molar-refractivity contribution is 0.501. The molecule has 0 aliphatic carbocycles. The fraction of sp³-hybridized carbons (Fsp3) is 0.357. The molecule has 1 unspecified atom stereocenters. The maximum Gasteiger partial charge on any atom is 0.0950 e. The van der Waals surface area contributed by atoms with Gasteiger partial charge in [0.1, 0.15) is 0 Å². The van der Waals surface area contributed by atoms with E-state index in [2.05, 4.69) is 29.4 Å². The van der Waals surface area contributed by atoms with Crippen LogP contribution in [0.25, 0.3) is 0 Å². The fourth-order valence-corrected chi connectivity index (χ4v) is 1.97. The van der Waals surface area contributed by atoms with Crippen molar-refractivity contribution >= 4 is 0 Å². The minimum atomic E-state index is 0.368. The first-order chi connectivity index (χ1) is 8.40. The molecule has 0 aliphatic rings. The molecule has 3 heteroatoms. The SMILES string of the molecule is CCNC(CCc1ccncc1)c1ccoc1. The van der Waals surface area contributed by atoms with Crippen molar-refractivity contribution in [3.63, 3.8) is 0 Å². The van der Waals surface area contributed by atoms with Gasteiger partial charge in [-0.2, -0.15) is 0 Å². The first-order valence-corrected chi connectivity index (χ1v) is 6.04. The number of hydrogen-bond acceptors (Lipinski definition) is 3. The standard InChI is InChI=1S/C14H18N2O/c1-2-16-14(13-7-10-17-11-13)4-3-12-5-8-15-9-6-12/h5-11,14,16H,2-4H2,1H3. The Labute approximate surface area is 102 Å². The largest absolute Gasteiger partial charge is 0.472 e. The molecule has 1 atom stereocenters. The summed E-state index contributed by atoms with van der Waals surface area (Å²) < 4.78 is 5.14. The second-order valence-corrected chi connectivity index (χ2v) is 4.06. The molecule has 2 heterocycles. The molecule has 0 saturated heterocycles. The number of hydrogen-bond donors (Lipinski definition) is 1. The van der Waals surface area contributed by atoms with E-state index >= 15 is 0 Å². The second-order valence-electron chi connectivity index (χ2n) is 4.06. The van der Waals surface area contributed by atoms with E-state index in [-0.39, 0.29) is 0 Å². The second kappa shape index (κ2) is 6.21. The number of aromatic nitrogens is 1. The van der Waals surface area contributed by atoms with Gasteiger partial charge < -0.3 is 9.73 Å². The molecular weight excluding hydrogens is 212 g/mol. The van der Waals surface area contributed by atoms with Crippen molar-refractivity contribution < 1.29 is 4.42 Å². The minimum Gasteiger partial charge on any atom is -0.472 e. The molecule has 3 nitrogen and oxygen atoms in total. The molecule has 1 N–H and O–H groups in total. The Morgan fingerprint density at radius 3 is 2.76 bits per heavy atom. The highest BCUT2D eigenvalue weighted by Crippen LogP contribution is 2.19. The molecule has 0 radical (unpaired) electrons. The third-order valence-electron chi connectivity index (χ3n) is 2.87. The van der Waals surface area contributed by atoms with Crippen molar-refractivity contribution in [1.29, 1.82) is 0 Å². The van der Waals surface area contributed by atoms with Crippen molar-refractivity contribution in [3.8, 4) is 0 Å². The number of rotatable bonds is 6. The lowest BCUT2D eigenvalue weighted by Gasteiger charge is -2.16. The third kappa shape index (κ3) is 3.43. The van der Waals surface area contributed by atoms with E-state index in [1.54, 1.807) is 6.26 Å². The molecule has 0 aliphatic heterocycles. The highest BCUT2D eigenvalue weighted by Gasteiger charge is 2.11. The summed E-state index contributed by atoms with van der Waals surface area (Å²) >= 11 is 0. The Morgan fingerprint density at radius 1 is 1.29 bits per heavy atom. The third-order valence-corrected chi connectivity index (χ3v) is 2.87. The van der Waals surface area contributed by atoms with Crippen LogP contribution < -0.4 is 5.32 Å². The molecule has 0 spiro atoms. The molecule has 2 rings (SSSR count). The summed E-state index contributed by atoms with van der Waals surface area (Å²) in [7, 11) is 0. The molecule has 0 saturated carbocycles.